The Bertz CT molecular complexity index is 352. The minimum atomic E-state index is 0.0273. The van der Waals surface area contributed by atoms with E-state index in [1.807, 2.05) is 18.2 Å². The average molecular weight is 273 g/mol. The van der Waals surface area contributed by atoms with Crippen LogP contribution >= 0.6 is 15.9 Å². The van der Waals surface area contributed by atoms with Crippen LogP contribution < -0.4 is 9.47 Å². The van der Waals surface area contributed by atoms with E-state index in [2.05, 4.69) is 22.9 Å². The first kappa shape index (κ1) is 10.8. The zero-order chi connectivity index (χ0) is 10.8. The van der Waals surface area contributed by atoms with Crippen LogP contribution in [0.25, 0.3) is 0 Å². The van der Waals surface area contributed by atoms with Gasteiger partial charge in [0.05, 0.1) is 6.10 Å². The lowest BCUT2D eigenvalue weighted by Gasteiger charge is -2.18. The molecule has 0 saturated heterocycles. The van der Waals surface area contributed by atoms with E-state index in [-0.39, 0.29) is 10.9 Å². The molecule has 1 aliphatic heterocycles. The number of hydrogen-bond donors (Lipinski definition) is 0. The van der Waals surface area contributed by atoms with E-state index in [9.17, 15) is 0 Å². The SMILES string of the molecule is COC(c1ccc2c(c1)OCO2)C(C)Br. The third kappa shape index (κ3) is 2.11. The zero-order valence-electron chi connectivity index (χ0n) is 8.70. The summed E-state index contributed by atoms with van der Waals surface area (Å²) in [6, 6.07) is 5.88. The van der Waals surface area contributed by atoms with Crippen molar-refractivity contribution < 1.29 is 14.2 Å². The number of benzene rings is 1. The van der Waals surface area contributed by atoms with Crippen LogP contribution in [-0.4, -0.2) is 18.7 Å². The van der Waals surface area contributed by atoms with Gasteiger partial charge in [-0.15, -0.1) is 0 Å². The molecule has 0 aliphatic carbocycles. The van der Waals surface area contributed by atoms with Gasteiger partial charge in [0, 0.05) is 11.9 Å². The van der Waals surface area contributed by atoms with Gasteiger partial charge >= 0.3 is 0 Å². The maximum Gasteiger partial charge on any atom is 0.231 e. The molecular weight excluding hydrogens is 260 g/mol. The molecule has 3 nitrogen and oxygen atoms in total. The maximum absolute atomic E-state index is 5.41. The number of alkyl halides is 1. The van der Waals surface area contributed by atoms with Crippen molar-refractivity contribution in [3.8, 4) is 11.5 Å². The Kier molecular flexibility index (Phi) is 3.17. The molecule has 2 unspecified atom stereocenters. The normalized spacial score (nSPS) is 17.5. The Morgan fingerprint density at radius 2 is 2.07 bits per heavy atom. The van der Waals surface area contributed by atoms with Crippen molar-refractivity contribution in [1.29, 1.82) is 0 Å². The Balaban J connectivity index is 2.28. The molecule has 0 radical (unpaired) electrons. The van der Waals surface area contributed by atoms with Gasteiger partial charge in [-0.05, 0) is 24.6 Å². The summed E-state index contributed by atoms with van der Waals surface area (Å²) in [5.41, 5.74) is 1.09. The van der Waals surface area contributed by atoms with Crippen molar-refractivity contribution in [2.75, 3.05) is 13.9 Å². The molecule has 0 amide bonds. The Labute approximate surface area is 97.5 Å². The first-order valence-electron chi connectivity index (χ1n) is 4.79. The summed E-state index contributed by atoms with van der Waals surface area (Å²) in [6.45, 7) is 2.36. The van der Waals surface area contributed by atoms with Gasteiger partial charge in [0.1, 0.15) is 0 Å². The monoisotopic (exact) mass is 272 g/mol. The Morgan fingerprint density at radius 1 is 1.33 bits per heavy atom. The molecule has 1 heterocycles. The highest BCUT2D eigenvalue weighted by Crippen LogP contribution is 2.36. The molecule has 0 aromatic heterocycles. The molecule has 2 atom stereocenters. The van der Waals surface area contributed by atoms with Crippen LogP contribution in [0.2, 0.25) is 0 Å². The lowest BCUT2D eigenvalue weighted by molar-refractivity contribution is 0.106. The van der Waals surface area contributed by atoms with E-state index in [1.54, 1.807) is 7.11 Å². The van der Waals surface area contributed by atoms with Crippen molar-refractivity contribution in [3.63, 3.8) is 0 Å². The highest BCUT2D eigenvalue weighted by molar-refractivity contribution is 9.09. The van der Waals surface area contributed by atoms with Gasteiger partial charge in [-0.3, -0.25) is 0 Å². The second kappa shape index (κ2) is 4.41. The molecular formula is C11H13BrO3. The van der Waals surface area contributed by atoms with Crippen LogP contribution in [0.5, 0.6) is 11.5 Å². The predicted octanol–water partition coefficient (Wildman–Crippen LogP) is 2.89. The van der Waals surface area contributed by atoms with E-state index in [0.29, 0.717) is 6.79 Å². The summed E-state index contributed by atoms with van der Waals surface area (Å²) >= 11 is 3.52. The molecule has 0 N–H and O–H groups in total. The van der Waals surface area contributed by atoms with Gasteiger partial charge in [-0.2, -0.15) is 0 Å². The third-order valence-corrected chi connectivity index (χ3v) is 2.88. The predicted molar refractivity (Wildman–Crippen MR) is 60.7 cm³/mol. The highest BCUT2D eigenvalue weighted by atomic mass is 79.9. The van der Waals surface area contributed by atoms with Crippen molar-refractivity contribution in [2.45, 2.75) is 17.9 Å². The van der Waals surface area contributed by atoms with Crippen molar-refractivity contribution >= 4 is 15.9 Å². The number of hydrogen-bond acceptors (Lipinski definition) is 3. The highest BCUT2D eigenvalue weighted by Gasteiger charge is 2.20. The van der Waals surface area contributed by atoms with Gasteiger partial charge in [-0.25, -0.2) is 0 Å². The first-order valence-corrected chi connectivity index (χ1v) is 5.70. The molecule has 1 aromatic rings. The van der Waals surface area contributed by atoms with Crippen LogP contribution in [0, 0.1) is 0 Å². The van der Waals surface area contributed by atoms with Gasteiger partial charge in [-0.1, -0.05) is 22.0 Å². The minimum absolute atomic E-state index is 0.0273. The Hall–Kier alpha value is -0.740. The van der Waals surface area contributed by atoms with Crippen molar-refractivity contribution in [3.05, 3.63) is 23.8 Å². The smallest absolute Gasteiger partial charge is 0.231 e. The Morgan fingerprint density at radius 3 is 2.73 bits per heavy atom. The summed E-state index contributed by atoms with van der Waals surface area (Å²) in [7, 11) is 1.70. The van der Waals surface area contributed by atoms with Gasteiger partial charge < -0.3 is 14.2 Å². The summed E-state index contributed by atoms with van der Waals surface area (Å²) in [6.07, 6.45) is 0.0273. The number of halogens is 1. The fourth-order valence-electron chi connectivity index (χ4n) is 1.68. The third-order valence-electron chi connectivity index (χ3n) is 2.40. The molecule has 0 fully saturated rings. The molecule has 0 spiro atoms. The fraction of sp³-hybridized carbons (Fsp3) is 0.455. The summed E-state index contributed by atoms with van der Waals surface area (Å²) in [4.78, 5) is 0.253. The number of fused-ring (bicyclic) bond motifs is 1. The van der Waals surface area contributed by atoms with Crippen molar-refractivity contribution in [2.24, 2.45) is 0 Å². The van der Waals surface area contributed by atoms with Crippen molar-refractivity contribution in [1.82, 2.24) is 0 Å². The number of rotatable bonds is 3. The first-order chi connectivity index (χ1) is 7.22. The second-order valence-corrected chi connectivity index (χ2v) is 4.89. The second-order valence-electron chi connectivity index (χ2n) is 3.45. The molecule has 0 bridgehead atoms. The van der Waals surface area contributed by atoms with E-state index in [1.165, 1.54) is 0 Å². The molecule has 0 saturated carbocycles. The number of ether oxygens (including phenoxy) is 3. The topological polar surface area (TPSA) is 27.7 Å². The van der Waals surface area contributed by atoms with Gasteiger partial charge in [0.25, 0.3) is 0 Å². The molecule has 1 aromatic carbocycles. The lowest BCUT2D eigenvalue weighted by Crippen LogP contribution is -2.10. The molecule has 4 heteroatoms. The van der Waals surface area contributed by atoms with Crippen LogP contribution in [0.3, 0.4) is 0 Å². The lowest BCUT2D eigenvalue weighted by atomic mass is 10.1. The quantitative estimate of drug-likeness (QED) is 0.792. The number of methoxy groups -OCH3 is 1. The van der Waals surface area contributed by atoms with Crippen LogP contribution in [0.15, 0.2) is 18.2 Å². The summed E-state index contributed by atoms with van der Waals surface area (Å²) in [5.74, 6) is 1.60. The van der Waals surface area contributed by atoms with E-state index in [0.717, 1.165) is 17.1 Å². The van der Waals surface area contributed by atoms with E-state index < -0.39 is 0 Å². The minimum Gasteiger partial charge on any atom is -0.454 e. The fourth-order valence-corrected chi connectivity index (χ4v) is 2.20. The van der Waals surface area contributed by atoms with E-state index in [4.69, 9.17) is 14.2 Å². The molecule has 1 aliphatic rings. The van der Waals surface area contributed by atoms with Crippen LogP contribution in [0.4, 0.5) is 0 Å². The standard InChI is InChI=1S/C11H13BrO3/c1-7(12)11(13-2)8-3-4-9-10(5-8)15-6-14-9/h3-5,7,11H,6H2,1-2H3. The molecule has 2 rings (SSSR count). The molecule has 82 valence electrons. The van der Waals surface area contributed by atoms with E-state index >= 15 is 0 Å². The van der Waals surface area contributed by atoms with Crippen LogP contribution in [0.1, 0.15) is 18.6 Å². The largest absolute Gasteiger partial charge is 0.454 e. The van der Waals surface area contributed by atoms with Gasteiger partial charge in [0.2, 0.25) is 6.79 Å². The summed E-state index contributed by atoms with van der Waals surface area (Å²) < 4.78 is 16.0. The van der Waals surface area contributed by atoms with Crippen LogP contribution in [-0.2, 0) is 4.74 Å². The van der Waals surface area contributed by atoms with Gasteiger partial charge in [0.15, 0.2) is 11.5 Å². The molecule has 15 heavy (non-hydrogen) atoms. The summed E-state index contributed by atoms with van der Waals surface area (Å²) in [5, 5.41) is 0. The maximum atomic E-state index is 5.41. The average Bonchev–Trinajstić information content (AvgIpc) is 2.65. The zero-order valence-corrected chi connectivity index (χ0v) is 10.3.